The maximum atomic E-state index is 12.6. The van der Waals surface area contributed by atoms with Gasteiger partial charge in [0.2, 0.25) is 5.91 Å². The summed E-state index contributed by atoms with van der Waals surface area (Å²) < 4.78 is 75.5. The lowest BCUT2D eigenvalue weighted by Crippen LogP contribution is -2.47. The minimum atomic E-state index is -4.59. The van der Waals surface area contributed by atoms with Crippen LogP contribution in [0.1, 0.15) is 28.4 Å². The molecule has 162 valence electrons. The molecular formula is C19H16F6N2O3. The highest BCUT2D eigenvalue weighted by atomic mass is 19.4. The summed E-state index contributed by atoms with van der Waals surface area (Å²) in [6, 6.07) is 5.62. The molecule has 5 nitrogen and oxygen atoms in total. The number of nitrogens with two attached hydrogens (primary N) is 1. The van der Waals surface area contributed by atoms with Crippen LogP contribution in [0.4, 0.5) is 26.3 Å². The molecule has 2 aromatic rings. The van der Waals surface area contributed by atoms with Crippen molar-refractivity contribution in [1.82, 2.24) is 5.32 Å². The van der Waals surface area contributed by atoms with Gasteiger partial charge in [-0.05, 0) is 35.4 Å². The van der Waals surface area contributed by atoms with Gasteiger partial charge in [0.25, 0.3) is 5.91 Å². The van der Waals surface area contributed by atoms with Crippen LogP contribution in [0.25, 0.3) is 0 Å². The summed E-state index contributed by atoms with van der Waals surface area (Å²) in [6.45, 7) is 0. The fourth-order valence-corrected chi connectivity index (χ4v) is 2.54. The van der Waals surface area contributed by atoms with Gasteiger partial charge < -0.3 is 16.2 Å². The predicted molar refractivity (Wildman–Crippen MR) is 92.7 cm³/mol. The molecule has 11 heteroatoms. The van der Waals surface area contributed by atoms with Crippen LogP contribution in [-0.4, -0.2) is 23.0 Å². The van der Waals surface area contributed by atoms with Gasteiger partial charge in [0.15, 0.2) is 6.10 Å². The van der Waals surface area contributed by atoms with Gasteiger partial charge in [0, 0.05) is 6.42 Å². The van der Waals surface area contributed by atoms with Gasteiger partial charge in [-0.25, -0.2) is 0 Å². The van der Waals surface area contributed by atoms with E-state index in [-0.39, 0.29) is 17.5 Å². The standard InChI is InChI=1S/C19H16F6N2O3/c20-18(21,22)12-5-1-10(2-6-12)9-14(16(26)29)27-17(30)15(28)11-3-7-13(8-4-11)19(23,24)25/h1-8,14-15,28H,9H2,(H2,26,29)(H,27,30)/t14-,15-/m0/s1. The Bertz CT molecular complexity index is 892. The number of rotatable bonds is 6. The number of alkyl halides is 6. The highest BCUT2D eigenvalue weighted by Gasteiger charge is 2.32. The number of hydrogen-bond donors (Lipinski definition) is 3. The molecule has 2 aromatic carbocycles. The zero-order valence-electron chi connectivity index (χ0n) is 15.1. The summed E-state index contributed by atoms with van der Waals surface area (Å²) in [7, 11) is 0. The van der Waals surface area contributed by atoms with E-state index in [4.69, 9.17) is 5.73 Å². The van der Waals surface area contributed by atoms with E-state index in [9.17, 15) is 41.0 Å². The van der Waals surface area contributed by atoms with Crippen LogP contribution < -0.4 is 11.1 Å². The van der Waals surface area contributed by atoms with Gasteiger partial charge in [-0.1, -0.05) is 24.3 Å². The summed E-state index contributed by atoms with van der Waals surface area (Å²) in [5.41, 5.74) is 3.43. The van der Waals surface area contributed by atoms with Gasteiger partial charge in [0.1, 0.15) is 6.04 Å². The average molecular weight is 434 g/mol. The van der Waals surface area contributed by atoms with E-state index in [0.717, 1.165) is 36.4 Å². The Hall–Kier alpha value is -3.08. The third-order valence-corrected chi connectivity index (χ3v) is 4.18. The predicted octanol–water partition coefficient (Wildman–Crippen LogP) is 2.97. The maximum absolute atomic E-state index is 12.6. The molecule has 2 atom stereocenters. The molecule has 0 unspecified atom stereocenters. The summed E-state index contributed by atoms with van der Waals surface area (Å²) in [5, 5.41) is 12.2. The van der Waals surface area contributed by atoms with Crippen molar-refractivity contribution in [2.45, 2.75) is 30.9 Å². The molecular weight excluding hydrogens is 418 g/mol. The van der Waals surface area contributed by atoms with Crippen LogP contribution in [-0.2, 0) is 28.4 Å². The Morgan fingerprint density at radius 3 is 1.70 bits per heavy atom. The molecule has 2 rings (SSSR count). The van der Waals surface area contributed by atoms with Crippen molar-refractivity contribution in [2.24, 2.45) is 5.73 Å². The van der Waals surface area contributed by atoms with Crippen LogP contribution in [0.2, 0.25) is 0 Å². The van der Waals surface area contributed by atoms with Crippen molar-refractivity contribution >= 4 is 11.8 Å². The minimum Gasteiger partial charge on any atom is -0.378 e. The van der Waals surface area contributed by atoms with Crippen molar-refractivity contribution in [3.8, 4) is 0 Å². The van der Waals surface area contributed by atoms with Crippen LogP contribution in [0.5, 0.6) is 0 Å². The van der Waals surface area contributed by atoms with E-state index >= 15 is 0 Å². The van der Waals surface area contributed by atoms with Gasteiger partial charge in [-0.15, -0.1) is 0 Å². The van der Waals surface area contributed by atoms with E-state index < -0.39 is 47.4 Å². The molecule has 4 N–H and O–H groups in total. The second kappa shape index (κ2) is 8.74. The van der Waals surface area contributed by atoms with E-state index in [1.807, 2.05) is 0 Å². The number of aliphatic hydroxyl groups is 1. The number of aliphatic hydroxyl groups excluding tert-OH is 1. The number of benzene rings is 2. The first-order valence-corrected chi connectivity index (χ1v) is 8.40. The second-order valence-corrected chi connectivity index (χ2v) is 6.38. The molecule has 0 aromatic heterocycles. The number of hydrogen-bond acceptors (Lipinski definition) is 3. The summed E-state index contributed by atoms with van der Waals surface area (Å²) >= 11 is 0. The van der Waals surface area contributed by atoms with Gasteiger partial charge in [-0.2, -0.15) is 26.3 Å². The quantitative estimate of drug-likeness (QED) is 0.611. The number of primary amides is 1. The normalized spacial score (nSPS) is 14.1. The fraction of sp³-hybridized carbons (Fsp3) is 0.263. The van der Waals surface area contributed by atoms with E-state index in [1.54, 1.807) is 0 Å². The third-order valence-electron chi connectivity index (χ3n) is 4.18. The lowest BCUT2D eigenvalue weighted by atomic mass is 10.0. The molecule has 0 fully saturated rings. The molecule has 0 bridgehead atoms. The largest absolute Gasteiger partial charge is 0.416 e. The average Bonchev–Trinajstić information content (AvgIpc) is 2.65. The highest BCUT2D eigenvalue weighted by Crippen LogP contribution is 2.30. The zero-order valence-corrected chi connectivity index (χ0v) is 15.1. The van der Waals surface area contributed by atoms with Crippen LogP contribution >= 0.6 is 0 Å². The number of carbonyl (C=O) groups excluding carboxylic acids is 2. The van der Waals surface area contributed by atoms with E-state index in [2.05, 4.69) is 5.32 Å². The summed E-state index contributed by atoms with van der Waals surface area (Å²) in [4.78, 5) is 23.8. The molecule has 0 radical (unpaired) electrons. The molecule has 0 aliphatic carbocycles. The van der Waals surface area contributed by atoms with Gasteiger partial charge in [0.05, 0.1) is 11.1 Å². The van der Waals surface area contributed by atoms with Crippen molar-refractivity contribution in [1.29, 1.82) is 0 Å². The zero-order chi connectivity index (χ0) is 22.7. The van der Waals surface area contributed by atoms with Crippen LogP contribution in [0, 0.1) is 0 Å². The first-order chi connectivity index (χ1) is 13.8. The lowest BCUT2D eigenvalue weighted by molar-refractivity contribution is -0.138. The van der Waals surface area contributed by atoms with Gasteiger partial charge >= 0.3 is 12.4 Å². The Morgan fingerprint density at radius 2 is 1.30 bits per heavy atom. The number of halogens is 6. The molecule has 0 aliphatic heterocycles. The molecule has 0 saturated carbocycles. The van der Waals surface area contributed by atoms with Crippen molar-refractivity contribution in [3.05, 3.63) is 70.8 Å². The van der Waals surface area contributed by atoms with Gasteiger partial charge in [-0.3, -0.25) is 9.59 Å². The molecule has 0 aliphatic rings. The van der Waals surface area contributed by atoms with Crippen molar-refractivity contribution in [3.63, 3.8) is 0 Å². The topological polar surface area (TPSA) is 92.4 Å². The molecule has 0 spiro atoms. The Labute approximate surface area is 166 Å². The monoisotopic (exact) mass is 434 g/mol. The Kier molecular flexibility index (Phi) is 6.76. The third kappa shape index (κ3) is 5.96. The maximum Gasteiger partial charge on any atom is 0.416 e. The smallest absolute Gasteiger partial charge is 0.378 e. The Morgan fingerprint density at radius 1 is 0.867 bits per heavy atom. The van der Waals surface area contributed by atoms with Crippen LogP contribution in [0.3, 0.4) is 0 Å². The summed E-state index contributed by atoms with van der Waals surface area (Å²) in [6.07, 6.45) is -11.3. The summed E-state index contributed by atoms with van der Waals surface area (Å²) in [5.74, 6) is -2.12. The highest BCUT2D eigenvalue weighted by molar-refractivity contribution is 5.89. The number of nitrogens with one attached hydrogen (secondary N) is 1. The first-order valence-electron chi connectivity index (χ1n) is 8.40. The number of carbonyl (C=O) groups is 2. The van der Waals surface area contributed by atoms with Crippen molar-refractivity contribution < 1.29 is 41.0 Å². The van der Waals surface area contributed by atoms with E-state index in [1.165, 1.54) is 0 Å². The SMILES string of the molecule is NC(=O)[C@H](Cc1ccc(C(F)(F)F)cc1)NC(=O)[C@@H](O)c1ccc(C(F)(F)F)cc1. The number of amides is 2. The molecule has 0 saturated heterocycles. The molecule has 2 amide bonds. The first kappa shape index (κ1) is 23.2. The van der Waals surface area contributed by atoms with Crippen molar-refractivity contribution in [2.75, 3.05) is 0 Å². The second-order valence-electron chi connectivity index (χ2n) is 6.38. The minimum absolute atomic E-state index is 0.154. The molecule has 0 heterocycles. The Balaban J connectivity index is 2.08. The van der Waals surface area contributed by atoms with Crippen LogP contribution in [0.15, 0.2) is 48.5 Å². The lowest BCUT2D eigenvalue weighted by Gasteiger charge is -2.19. The van der Waals surface area contributed by atoms with E-state index in [0.29, 0.717) is 12.1 Å². The fourth-order valence-electron chi connectivity index (χ4n) is 2.54. The molecule has 30 heavy (non-hydrogen) atoms.